The number of nitrogens with zero attached hydrogens (tertiary/aromatic N) is 1. The maximum absolute atomic E-state index is 13.0. The molecule has 1 fully saturated rings. The third-order valence-corrected chi connectivity index (χ3v) is 5.43. The molecule has 0 aromatic heterocycles. The Morgan fingerprint density at radius 3 is 2.90 bits per heavy atom. The molecule has 1 aromatic carbocycles. The molecule has 1 aliphatic heterocycles. The van der Waals surface area contributed by atoms with Gasteiger partial charge in [0.15, 0.2) is 0 Å². The summed E-state index contributed by atoms with van der Waals surface area (Å²) in [5, 5.41) is 0. The maximum atomic E-state index is 13.0. The Labute approximate surface area is 127 Å². The van der Waals surface area contributed by atoms with E-state index in [-0.39, 0.29) is 11.3 Å². The molecule has 0 spiro atoms. The van der Waals surface area contributed by atoms with Crippen LogP contribution >= 0.6 is 0 Å². The largest absolute Gasteiger partial charge is 0.398 e. The average molecular weight is 286 g/mol. The van der Waals surface area contributed by atoms with Crippen molar-refractivity contribution in [3.05, 3.63) is 29.3 Å². The third-order valence-electron chi connectivity index (χ3n) is 5.43. The lowest BCUT2D eigenvalue weighted by atomic mass is 9.68. The van der Waals surface area contributed by atoms with Crippen LogP contribution in [0.1, 0.15) is 50.7 Å². The van der Waals surface area contributed by atoms with Gasteiger partial charge in [-0.15, -0.1) is 0 Å². The lowest BCUT2D eigenvalue weighted by molar-refractivity contribution is -0.142. The number of amides is 1. The normalized spacial score (nSPS) is 24.5. The molecule has 2 N–H and O–H groups in total. The fourth-order valence-electron chi connectivity index (χ4n) is 3.97. The van der Waals surface area contributed by atoms with E-state index in [0.29, 0.717) is 12.5 Å². The van der Waals surface area contributed by atoms with E-state index in [1.807, 2.05) is 17.0 Å². The molecule has 21 heavy (non-hydrogen) atoms. The summed E-state index contributed by atoms with van der Waals surface area (Å²) >= 11 is 0. The van der Waals surface area contributed by atoms with Crippen LogP contribution in [0, 0.1) is 11.3 Å². The van der Waals surface area contributed by atoms with Crippen LogP contribution in [0.3, 0.4) is 0 Å². The topological polar surface area (TPSA) is 46.3 Å². The van der Waals surface area contributed by atoms with Crippen molar-refractivity contribution in [1.29, 1.82) is 0 Å². The summed E-state index contributed by atoms with van der Waals surface area (Å²) in [7, 11) is 0. The van der Waals surface area contributed by atoms with Crippen LogP contribution in [0.2, 0.25) is 0 Å². The zero-order valence-electron chi connectivity index (χ0n) is 13.2. The SMILES string of the molecule is CC1(C)CCCCC1C(=O)N1CCc2cccc(N)c2C1. The predicted octanol–water partition coefficient (Wildman–Crippen LogP) is 3.37. The van der Waals surface area contributed by atoms with E-state index in [1.165, 1.54) is 18.4 Å². The molecule has 3 rings (SSSR count). The van der Waals surface area contributed by atoms with Crippen LogP contribution in [0.5, 0.6) is 0 Å². The Hall–Kier alpha value is -1.51. The van der Waals surface area contributed by atoms with Crippen LogP contribution in [-0.2, 0) is 17.8 Å². The highest BCUT2D eigenvalue weighted by Gasteiger charge is 2.39. The molecule has 1 aromatic rings. The van der Waals surface area contributed by atoms with E-state index in [4.69, 9.17) is 5.73 Å². The summed E-state index contributed by atoms with van der Waals surface area (Å²) in [6.07, 6.45) is 5.58. The number of nitrogen functional groups attached to an aromatic ring is 1. The molecule has 2 aliphatic rings. The van der Waals surface area contributed by atoms with Crippen LogP contribution in [0.15, 0.2) is 18.2 Å². The van der Waals surface area contributed by atoms with E-state index in [9.17, 15) is 4.79 Å². The fraction of sp³-hybridized carbons (Fsp3) is 0.611. The van der Waals surface area contributed by atoms with Crippen LogP contribution < -0.4 is 5.73 Å². The first-order valence-corrected chi connectivity index (χ1v) is 8.14. The number of anilines is 1. The number of rotatable bonds is 1. The van der Waals surface area contributed by atoms with Gasteiger partial charge in [-0.2, -0.15) is 0 Å². The Bertz CT molecular complexity index is 550. The molecule has 3 nitrogen and oxygen atoms in total. The highest BCUT2D eigenvalue weighted by molar-refractivity contribution is 5.80. The molecule has 0 bridgehead atoms. The highest BCUT2D eigenvalue weighted by Crippen LogP contribution is 2.42. The number of carbonyl (C=O) groups is 1. The Morgan fingerprint density at radius 2 is 2.14 bits per heavy atom. The molecule has 1 atom stereocenters. The summed E-state index contributed by atoms with van der Waals surface area (Å²) in [4.78, 5) is 15.0. The van der Waals surface area contributed by atoms with Crippen molar-refractivity contribution in [3.63, 3.8) is 0 Å². The lowest BCUT2D eigenvalue weighted by Crippen LogP contribution is -2.45. The second-order valence-corrected chi connectivity index (χ2v) is 7.28. The first-order chi connectivity index (χ1) is 9.99. The van der Waals surface area contributed by atoms with Gasteiger partial charge in [-0.05, 0) is 41.9 Å². The van der Waals surface area contributed by atoms with Gasteiger partial charge in [-0.3, -0.25) is 4.79 Å². The van der Waals surface area contributed by atoms with Crippen molar-refractivity contribution in [1.82, 2.24) is 4.90 Å². The van der Waals surface area contributed by atoms with Gasteiger partial charge in [0.25, 0.3) is 0 Å². The molecule has 1 amide bonds. The van der Waals surface area contributed by atoms with Gasteiger partial charge in [0.05, 0.1) is 0 Å². The van der Waals surface area contributed by atoms with Crippen molar-refractivity contribution >= 4 is 11.6 Å². The Morgan fingerprint density at radius 1 is 1.33 bits per heavy atom. The van der Waals surface area contributed by atoms with Crippen molar-refractivity contribution < 1.29 is 4.79 Å². The number of carbonyl (C=O) groups excluding carboxylic acids is 1. The van der Waals surface area contributed by atoms with Gasteiger partial charge in [0, 0.05) is 24.7 Å². The van der Waals surface area contributed by atoms with Gasteiger partial charge in [-0.1, -0.05) is 38.8 Å². The van der Waals surface area contributed by atoms with E-state index < -0.39 is 0 Å². The number of nitrogens with two attached hydrogens (primary N) is 1. The average Bonchev–Trinajstić information content (AvgIpc) is 2.46. The van der Waals surface area contributed by atoms with E-state index >= 15 is 0 Å². The maximum Gasteiger partial charge on any atom is 0.226 e. The van der Waals surface area contributed by atoms with Gasteiger partial charge in [0.2, 0.25) is 5.91 Å². The minimum atomic E-state index is 0.137. The van der Waals surface area contributed by atoms with Crippen molar-refractivity contribution in [2.75, 3.05) is 12.3 Å². The van der Waals surface area contributed by atoms with Gasteiger partial charge in [-0.25, -0.2) is 0 Å². The van der Waals surface area contributed by atoms with Crippen molar-refractivity contribution in [3.8, 4) is 0 Å². The van der Waals surface area contributed by atoms with Crippen LogP contribution in [0.4, 0.5) is 5.69 Å². The monoisotopic (exact) mass is 286 g/mol. The predicted molar refractivity (Wildman–Crippen MR) is 85.7 cm³/mol. The Kier molecular flexibility index (Phi) is 3.68. The molecule has 3 heteroatoms. The summed E-state index contributed by atoms with van der Waals surface area (Å²) in [6.45, 7) is 6.03. The molecule has 1 saturated carbocycles. The minimum Gasteiger partial charge on any atom is -0.398 e. The van der Waals surface area contributed by atoms with Crippen LogP contribution in [-0.4, -0.2) is 17.4 Å². The molecule has 1 aliphatic carbocycles. The van der Waals surface area contributed by atoms with Gasteiger partial charge in [0.1, 0.15) is 0 Å². The zero-order valence-corrected chi connectivity index (χ0v) is 13.2. The number of benzene rings is 1. The quantitative estimate of drug-likeness (QED) is 0.805. The molecule has 1 unspecified atom stereocenters. The van der Waals surface area contributed by atoms with Crippen LogP contribution in [0.25, 0.3) is 0 Å². The smallest absolute Gasteiger partial charge is 0.226 e. The first-order valence-electron chi connectivity index (χ1n) is 8.14. The summed E-state index contributed by atoms with van der Waals surface area (Å²) in [5.74, 6) is 0.520. The number of hydrogen-bond acceptors (Lipinski definition) is 2. The molecule has 0 radical (unpaired) electrons. The first kappa shape index (κ1) is 14.4. The fourth-order valence-corrected chi connectivity index (χ4v) is 3.97. The molecule has 114 valence electrons. The summed E-state index contributed by atoms with van der Waals surface area (Å²) < 4.78 is 0. The molecule has 0 saturated heterocycles. The number of fused-ring (bicyclic) bond motifs is 1. The lowest BCUT2D eigenvalue weighted by Gasteiger charge is -2.41. The second-order valence-electron chi connectivity index (χ2n) is 7.28. The standard InChI is InChI=1S/C18H26N2O/c1-18(2)10-4-3-7-15(18)17(21)20-11-9-13-6-5-8-16(19)14(13)12-20/h5-6,8,15H,3-4,7,9-12,19H2,1-2H3. The third kappa shape index (κ3) is 2.66. The zero-order chi connectivity index (χ0) is 15.0. The highest BCUT2D eigenvalue weighted by atomic mass is 16.2. The van der Waals surface area contributed by atoms with E-state index in [0.717, 1.165) is 37.1 Å². The molecular formula is C18H26N2O. The molecular weight excluding hydrogens is 260 g/mol. The second kappa shape index (κ2) is 5.36. The summed E-state index contributed by atoms with van der Waals surface area (Å²) in [5.41, 5.74) is 9.53. The van der Waals surface area contributed by atoms with Crippen molar-refractivity contribution in [2.45, 2.75) is 52.5 Å². The van der Waals surface area contributed by atoms with Gasteiger partial charge >= 0.3 is 0 Å². The summed E-state index contributed by atoms with van der Waals surface area (Å²) in [6, 6.07) is 6.09. The van der Waals surface area contributed by atoms with Gasteiger partial charge < -0.3 is 10.6 Å². The minimum absolute atomic E-state index is 0.137. The Balaban J connectivity index is 1.79. The number of hydrogen-bond donors (Lipinski definition) is 1. The molecule has 1 heterocycles. The van der Waals surface area contributed by atoms with E-state index in [2.05, 4.69) is 19.9 Å². The van der Waals surface area contributed by atoms with Crippen molar-refractivity contribution in [2.24, 2.45) is 11.3 Å². The van der Waals surface area contributed by atoms with E-state index in [1.54, 1.807) is 0 Å².